The SMILES string of the molecule is CCc1nc(C(N)=O)c(NC2=CCC(N(C)CCOC)C=C2)nc1OC1C=C(N)C=CC1. The Morgan fingerprint density at radius 1 is 1.31 bits per heavy atom. The number of methoxy groups -OCH3 is 1. The zero-order valence-corrected chi connectivity index (χ0v) is 18.9. The number of hydrogen-bond donors (Lipinski definition) is 3. The fourth-order valence-corrected chi connectivity index (χ4v) is 3.51. The van der Waals surface area contributed by atoms with Gasteiger partial charge in [0.05, 0.1) is 6.61 Å². The van der Waals surface area contributed by atoms with Crippen LogP contribution in [0.3, 0.4) is 0 Å². The van der Waals surface area contributed by atoms with Gasteiger partial charge in [0.2, 0.25) is 5.88 Å². The summed E-state index contributed by atoms with van der Waals surface area (Å²) in [5.74, 6) is -0.0134. The Morgan fingerprint density at radius 2 is 2.12 bits per heavy atom. The molecule has 9 heteroatoms. The fraction of sp³-hybridized carbons (Fsp3) is 0.435. The standard InChI is InChI=1S/C23H32N6O3/c1-4-19-23(32-18-7-5-6-15(24)14-18)28-22(20(27-19)21(25)30)26-16-8-10-17(11-9-16)29(2)12-13-31-3/h5-6,8-10,14,17-18H,4,7,11-13,24H2,1-3H3,(H2,25,30)(H,26,28). The minimum absolute atomic E-state index is 0.0847. The molecule has 0 saturated heterocycles. The van der Waals surface area contributed by atoms with E-state index in [9.17, 15) is 4.79 Å². The number of nitrogens with zero attached hydrogens (tertiary/aromatic N) is 3. The minimum atomic E-state index is -0.649. The zero-order valence-electron chi connectivity index (χ0n) is 18.9. The summed E-state index contributed by atoms with van der Waals surface area (Å²) >= 11 is 0. The van der Waals surface area contributed by atoms with E-state index in [1.54, 1.807) is 7.11 Å². The monoisotopic (exact) mass is 440 g/mol. The van der Waals surface area contributed by atoms with Gasteiger partial charge in [-0.1, -0.05) is 25.2 Å². The van der Waals surface area contributed by atoms with Crippen molar-refractivity contribution in [1.29, 1.82) is 0 Å². The van der Waals surface area contributed by atoms with E-state index in [0.29, 0.717) is 36.7 Å². The van der Waals surface area contributed by atoms with Crippen molar-refractivity contribution in [2.45, 2.75) is 38.3 Å². The smallest absolute Gasteiger partial charge is 0.271 e. The molecule has 2 aliphatic carbocycles. The molecule has 1 aromatic heterocycles. The third-order valence-corrected chi connectivity index (χ3v) is 5.37. The van der Waals surface area contributed by atoms with Crippen LogP contribution in [0, 0.1) is 0 Å². The summed E-state index contributed by atoms with van der Waals surface area (Å²) in [5, 5.41) is 3.19. The first-order valence-corrected chi connectivity index (χ1v) is 10.8. The number of nitrogens with one attached hydrogen (secondary N) is 1. The van der Waals surface area contributed by atoms with Crippen LogP contribution >= 0.6 is 0 Å². The number of hydrogen-bond acceptors (Lipinski definition) is 8. The van der Waals surface area contributed by atoms with Crippen LogP contribution in [0.1, 0.15) is 35.9 Å². The van der Waals surface area contributed by atoms with Crippen molar-refractivity contribution in [3.8, 4) is 5.88 Å². The second-order valence-corrected chi connectivity index (χ2v) is 7.77. The fourth-order valence-electron chi connectivity index (χ4n) is 3.51. The quantitative estimate of drug-likeness (QED) is 0.503. The molecule has 1 amide bonds. The summed E-state index contributed by atoms with van der Waals surface area (Å²) < 4.78 is 11.2. The lowest BCUT2D eigenvalue weighted by Crippen LogP contribution is -2.33. The van der Waals surface area contributed by atoms with Crippen LogP contribution in [0.5, 0.6) is 5.88 Å². The Bertz CT molecular complexity index is 953. The summed E-state index contributed by atoms with van der Waals surface area (Å²) in [6, 6.07) is 0.273. The van der Waals surface area contributed by atoms with Crippen LogP contribution in [0.15, 0.2) is 47.9 Å². The summed E-state index contributed by atoms with van der Waals surface area (Å²) in [7, 11) is 3.76. The maximum Gasteiger partial charge on any atom is 0.271 e. The molecule has 3 rings (SSSR count). The number of amides is 1. The van der Waals surface area contributed by atoms with E-state index >= 15 is 0 Å². The lowest BCUT2D eigenvalue weighted by molar-refractivity contribution is 0.0995. The molecule has 0 spiro atoms. The van der Waals surface area contributed by atoms with Gasteiger partial charge >= 0.3 is 0 Å². The first-order chi connectivity index (χ1) is 15.4. The number of allylic oxidation sites excluding steroid dienone is 2. The number of ether oxygens (including phenoxy) is 2. The van der Waals surface area contributed by atoms with Gasteiger partial charge in [0.25, 0.3) is 5.91 Å². The van der Waals surface area contributed by atoms with Crippen LogP contribution in [-0.4, -0.2) is 60.2 Å². The van der Waals surface area contributed by atoms with Gasteiger partial charge in [0, 0.05) is 37.5 Å². The van der Waals surface area contributed by atoms with Crippen LogP contribution in [0.25, 0.3) is 0 Å². The van der Waals surface area contributed by atoms with E-state index in [2.05, 4.69) is 39.4 Å². The van der Waals surface area contributed by atoms with Gasteiger partial charge in [-0.3, -0.25) is 9.69 Å². The van der Waals surface area contributed by atoms with E-state index < -0.39 is 5.91 Å². The number of nitrogens with two attached hydrogens (primary N) is 2. The van der Waals surface area contributed by atoms with Crippen LogP contribution in [0.4, 0.5) is 5.82 Å². The van der Waals surface area contributed by atoms with E-state index in [1.165, 1.54) is 0 Å². The largest absolute Gasteiger partial charge is 0.468 e. The summed E-state index contributed by atoms with van der Waals surface area (Å²) in [6.45, 7) is 3.44. The molecule has 0 aliphatic heterocycles. The highest BCUT2D eigenvalue weighted by Crippen LogP contribution is 2.25. The second-order valence-electron chi connectivity index (χ2n) is 7.77. The molecule has 0 aromatic carbocycles. The molecule has 2 aliphatic rings. The Morgan fingerprint density at radius 3 is 2.75 bits per heavy atom. The molecule has 0 fully saturated rings. The van der Waals surface area contributed by atoms with Crippen LogP contribution in [0.2, 0.25) is 0 Å². The van der Waals surface area contributed by atoms with Gasteiger partial charge in [-0.25, -0.2) is 4.98 Å². The summed E-state index contributed by atoms with van der Waals surface area (Å²) in [5.41, 5.74) is 13.6. The van der Waals surface area contributed by atoms with Crippen molar-refractivity contribution in [2.24, 2.45) is 11.5 Å². The number of carbonyl (C=O) groups excluding carboxylic acids is 1. The third kappa shape index (κ3) is 5.95. The molecular formula is C23H32N6O3. The average molecular weight is 441 g/mol. The molecule has 0 saturated carbocycles. The predicted octanol–water partition coefficient (Wildman–Crippen LogP) is 1.89. The molecule has 2 unspecified atom stereocenters. The molecule has 5 N–H and O–H groups in total. The average Bonchev–Trinajstić information content (AvgIpc) is 2.78. The van der Waals surface area contributed by atoms with Gasteiger partial charge in [0.15, 0.2) is 11.5 Å². The van der Waals surface area contributed by atoms with E-state index in [0.717, 1.165) is 18.7 Å². The topological polar surface area (TPSA) is 129 Å². The highest BCUT2D eigenvalue weighted by Gasteiger charge is 2.21. The first kappa shape index (κ1) is 23.5. The molecule has 9 nitrogen and oxygen atoms in total. The highest BCUT2D eigenvalue weighted by atomic mass is 16.5. The minimum Gasteiger partial charge on any atom is -0.468 e. The van der Waals surface area contributed by atoms with Crippen LogP contribution < -0.4 is 21.5 Å². The van der Waals surface area contributed by atoms with Gasteiger partial charge in [-0.2, -0.15) is 4.98 Å². The van der Waals surface area contributed by atoms with E-state index in [-0.39, 0.29) is 23.7 Å². The summed E-state index contributed by atoms with van der Waals surface area (Å²) in [4.78, 5) is 23.3. The summed E-state index contributed by atoms with van der Waals surface area (Å²) in [6.07, 6.45) is 13.6. The lowest BCUT2D eigenvalue weighted by atomic mass is 10.1. The maximum atomic E-state index is 12.1. The third-order valence-electron chi connectivity index (χ3n) is 5.37. The van der Waals surface area contributed by atoms with Crippen LogP contribution in [-0.2, 0) is 11.2 Å². The molecular weight excluding hydrogens is 408 g/mol. The molecule has 1 aromatic rings. The second kappa shape index (κ2) is 10.9. The van der Waals surface area contributed by atoms with Crippen molar-refractivity contribution in [2.75, 3.05) is 32.6 Å². The van der Waals surface area contributed by atoms with Crippen molar-refractivity contribution in [1.82, 2.24) is 14.9 Å². The number of aryl methyl sites for hydroxylation is 1. The number of rotatable bonds is 10. The van der Waals surface area contributed by atoms with Crippen molar-refractivity contribution in [3.05, 3.63) is 59.2 Å². The number of likely N-dealkylation sites (N-methyl/N-ethyl adjacent to an activating group) is 1. The van der Waals surface area contributed by atoms with Crippen molar-refractivity contribution < 1.29 is 14.3 Å². The maximum absolute atomic E-state index is 12.1. The predicted molar refractivity (Wildman–Crippen MR) is 124 cm³/mol. The van der Waals surface area contributed by atoms with Gasteiger partial charge in [-0.05, 0) is 38.1 Å². The number of anilines is 1. The van der Waals surface area contributed by atoms with Gasteiger partial charge < -0.3 is 26.3 Å². The van der Waals surface area contributed by atoms with Gasteiger partial charge in [-0.15, -0.1) is 0 Å². The van der Waals surface area contributed by atoms with E-state index in [1.807, 2.05) is 31.2 Å². The lowest BCUT2D eigenvalue weighted by Gasteiger charge is -2.27. The number of aromatic nitrogens is 2. The molecule has 2 atom stereocenters. The molecule has 0 bridgehead atoms. The van der Waals surface area contributed by atoms with E-state index in [4.69, 9.17) is 20.9 Å². The molecule has 172 valence electrons. The molecule has 1 heterocycles. The first-order valence-electron chi connectivity index (χ1n) is 10.8. The van der Waals surface area contributed by atoms with Crippen molar-refractivity contribution >= 4 is 11.7 Å². The normalized spacial score (nSPS) is 20.1. The highest BCUT2D eigenvalue weighted by molar-refractivity contribution is 5.96. The Kier molecular flexibility index (Phi) is 8.02. The van der Waals surface area contributed by atoms with Gasteiger partial charge in [0.1, 0.15) is 11.8 Å². The molecule has 32 heavy (non-hydrogen) atoms. The zero-order chi connectivity index (χ0) is 23.1. The molecule has 0 radical (unpaired) electrons. The number of primary amides is 1. The van der Waals surface area contributed by atoms with Crippen molar-refractivity contribution in [3.63, 3.8) is 0 Å². The Labute approximate surface area is 188 Å². The Balaban J connectivity index is 1.79. The number of carbonyl (C=O) groups is 1. The Hall–Kier alpha value is -3.17.